The number of nitrogens with zero attached hydrogens (tertiary/aromatic N) is 3. The van der Waals surface area contributed by atoms with Gasteiger partial charge < -0.3 is 19.5 Å². The van der Waals surface area contributed by atoms with E-state index in [4.69, 9.17) is 4.74 Å². The molecule has 0 aliphatic carbocycles. The molecule has 8 nitrogen and oxygen atoms in total. The van der Waals surface area contributed by atoms with Crippen LogP contribution in [0.1, 0.15) is 31.1 Å². The Morgan fingerprint density at radius 3 is 2.43 bits per heavy atom. The van der Waals surface area contributed by atoms with Crippen molar-refractivity contribution in [3.8, 4) is 0 Å². The first-order chi connectivity index (χ1) is 14.2. The maximum absolute atomic E-state index is 12.7. The van der Waals surface area contributed by atoms with Gasteiger partial charge in [-0.3, -0.25) is 14.5 Å². The lowest BCUT2D eigenvalue weighted by molar-refractivity contribution is 0.0147. The summed E-state index contributed by atoms with van der Waals surface area (Å²) in [5.74, 6) is -0.253. The summed E-state index contributed by atoms with van der Waals surface area (Å²) in [6, 6.07) is 8.77. The van der Waals surface area contributed by atoms with Crippen molar-refractivity contribution in [3.63, 3.8) is 0 Å². The summed E-state index contributed by atoms with van der Waals surface area (Å²) in [4.78, 5) is 40.9. The average molecular weight is 415 g/mol. The van der Waals surface area contributed by atoms with Crippen molar-refractivity contribution in [1.29, 1.82) is 0 Å². The van der Waals surface area contributed by atoms with Gasteiger partial charge in [0.05, 0.1) is 11.1 Å². The van der Waals surface area contributed by atoms with Crippen LogP contribution in [0.15, 0.2) is 35.1 Å². The van der Waals surface area contributed by atoms with Crippen molar-refractivity contribution in [2.24, 2.45) is 7.05 Å². The summed E-state index contributed by atoms with van der Waals surface area (Å²) in [5.41, 5.74) is 0.412. The molecule has 1 aliphatic rings. The van der Waals surface area contributed by atoms with Crippen molar-refractivity contribution in [2.45, 2.75) is 26.4 Å². The second-order valence-corrected chi connectivity index (χ2v) is 8.54. The molecule has 2 aromatic rings. The number of carbonyl (C=O) groups excluding carboxylic acids is 2. The Morgan fingerprint density at radius 1 is 1.10 bits per heavy atom. The Labute approximate surface area is 176 Å². The number of para-hydroxylation sites is 1. The molecule has 0 atom stereocenters. The lowest BCUT2D eigenvalue weighted by atomic mass is 10.1. The van der Waals surface area contributed by atoms with Crippen LogP contribution >= 0.6 is 0 Å². The van der Waals surface area contributed by atoms with Gasteiger partial charge >= 0.3 is 6.09 Å². The van der Waals surface area contributed by atoms with Crippen LogP contribution in [0.3, 0.4) is 0 Å². The molecule has 1 saturated heterocycles. The molecule has 0 unspecified atom stereocenters. The molecule has 1 aliphatic heterocycles. The quantitative estimate of drug-likeness (QED) is 0.825. The number of rotatable bonds is 4. The predicted octanol–water partition coefficient (Wildman–Crippen LogP) is 1.82. The second kappa shape index (κ2) is 8.87. The number of hydrogen-bond acceptors (Lipinski definition) is 5. The molecular formula is C22H30N4O4. The lowest BCUT2D eigenvalue weighted by Crippen LogP contribution is -2.51. The number of carbonyl (C=O) groups is 2. The highest BCUT2D eigenvalue weighted by atomic mass is 16.6. The molecule has 1 N–H and O–H groups in total. The first-order valence-corrected chi connectivity index (χ1v) is 10.2. The molecule has 30 heavy (non-hydrogen) atoms. The van der Waals surface area contributed by atoms with Crippen molar-refractivity contribution in [1.82, 2.24) is 19.7 Å². The van der Waals surface area contributed by atoms with Gasteiger partial charge in [0.1, 0.15) is 5.60 Å². The van der Waals surface area contributed by atoms with Gasteiger partial charge in [-0.1, -0.05) is 18.2 Å². The third-order valence-corrected chi connectivity index (χ3v) is 5.14. The molecule has 0 bridgehead atoms. The number of piperazine rings is 1. The van der Waals surface area contributed by atoms with Gasteiger partial charge in [0.2, 0.25) is 0 Å². The fraction of sp³-hybridized carbons (Fsp3) is 0.500. The van der Waals surface area contributed by atoms with Gasteiger partial charge in [0.25, 0.3) is 11.5 Å². The van der Waals surface area contributed by atoms with Gasteiger partial charge in [0.15, 0.2) is 0 Å². The van der Waals surface area contributed by atoms with Crippen LogP contribution in [-0.4, -0.2) is 71.2 Å². The lowest BCUT2D eigenvalue weighted by Gasteiger charge is -2.35. The highest BCUT2D eigenvalue weighted by molar-refractivity contribution is 6.06. The fourth-order valence-corrected chi connectivity index (χ4v) is 3.50. The molecule has 0 spiro atoms. The highest BCUT2D eigenvalue weighted by Crippen LogP contribution is 2.16. The Hall–Kier alpha value is -2.87. The van der Waals surface area contributed by atoms with E-state index in [-0.39, 0.29) is 17.6 Å². The van der Waals surface area contributed by atoms with E-state index in [1.165, 1.54) is 10.6 Å². The Bertz CT molecular complexity index is 985. The average Bonchev–Trinajstić information content (AvgIpc) is 2.70. The van der Waals surface area contributed by atoms with Crippen molar-refractivity contribution in [3.05, 3.63) is 46.2 Å². The predicted molar refractivity (Wildman–Crippen MR) is 116 cm³/mol. The molecule has 0 saturated carbocycles. The number of amides is 2. The van der Waals surface area contributed by atoms with E-state index in [0.717, 1.165) is 24.0 Å². The van der Waals surface area contributed by atoms with Crippen LogP contribution < -0.4 is 10.9 Å². The number of aryl methyl sites for hydroxylation is 1. The minimum absolute atomic E-state index is 0.211. The maximum Gasteiger partial charge on any atom is 0.410 e. The van der Waals surface area contributed by atoms with Crippen molar-refractivity contribution >= 4 is 22.9 Å². The number of benzene rings is 1. The zero-order chi connectivity index (χ0) is 21.9. The van der Waals surface area contributed by atoms with E-state index in [2.05, 4.69) is 10.2 Å². The maximum atomic E-state index is 12.7. The zero-order valence-electron chi connectivity index (χ0n) is 18.1. The number of ether oxygens (including phenoxy) is 1. The van der Waals surface area contributed by atoms with Crippen LogP contribution in [0.2, 0.25) is 0 Å². The van der Waals surface area contributed by atoms with Crippen LogP contribution in [0.4, 0.5) is 4.79 Å². The summed E-state index contributed by atoms with van der Waals surface area (Å²) in [5, 5.41) is 3.67. The first-order valence-electron chi connectivity index (χ1n) is 10.2. The van der Waals surface area contributed by atoms with E-state index in [0.29, 0.717) is 31.7 Å². The molecule has 1 fully saturated rings. The fourth-order valence-electron chi connectivity index (χ4n) is 3.50. The van der Waals surface area contributed by atoms with E-state index < -0.39 is 5.60 Å². The first kappa shape index (κ1) is 21.8. The van der Waals surface area contributed by atoms with E-state index >= 15 is 0 Å². The Morgan fingerprint density at radius 2 is 1.77 bits per heavy atom. The van der Waals surface area contributed by atoms with E-state index in [1.807, 2.05) is 45.0 Å². The molecule has 3 rings (SSSR count). The minimum Gasteiger partial charge on any atom is -0.444 e. The minimum atomic E-state index is -0.499. The standard InChI is InChI=1S/C22H30N4O4/c1-22(2,3)30-21(29)26-13-11-25(12-14-26)10-9-23-20(28)17-15-19(27)24(4)18-8-6-5-7-16(17)18/h5-8,15H,9-14H2,1-4H3,(H,23,28). The summed E-state index contributed by atoms with van der Waals surface area (Å²) in [6.07, 6.45) is -0.284. The number of fused-ring (bicyclic) bond motifs is 1. The molecular weight excluding hydrogens is 384 g/mol. The largest absolute Gasteiger partial charge is 0.444 e. The summed E-state index contributed by atoms with van der Waals surface area (Å²) in [7, 11) is 1.70. The smallest absolute Gasteiger partial charge is 0.410 e. The molecule has 2 amide bonds. The van der Waals surface area contributed by atoms with Crippen LogP contribution in [0.25, 0.3) is 10.9 Å². The van der Waals surface area contributed by atoms with Crippen molar-refractivity contribution in [2.75, 3.05) is 39.3 Å². The Kier molecular flexibility index (Phi) is 6.45. The SMILES string of the molecule is Cn1c(=O)cc(C(=O)NCCN2CCN(C(=O)OC(C)(C)C)CC2)c2ccccc21. The van der Waals surface area contributed by atoms with Crippen LogP contribution in [-0.2, 0) is 11.8 Å². The molecule has 2 heterocycles. The van der Waals surface area contributed by atoms with Gasteiger partial charge in [-0.2, -0.15) is 0 Å². The zero-order valence-corrected chi connectivity index (χ0v) is 18.1. The molecule has 8 heteroatoms. The van der Waals surface area contributed by atoms with Crippen molar-refractivity contribution < 1.29 is 14.3 Å². The molecule has 1 aromatic carbocycles. The number of hydrogen-bond donors (Lipinski definition) is 1. The van der Waals surface area contributed by atoms with Crippen LogP contribution in [0, 0.1) is 0 Å². The molecule has 162 valence electrons. The second-order valence-electron chi connectivity index (χ2n) is 8.54. The number of aromatic nitrogens is 1. The molecule has 0 radical (unpaired) electrons. The van der Waals surface area contributed by atoms with Gasteiger partial charge in [-0.25, -0.2) is 4.79 Å². The third-order valence-electron chi connectivity index (χ3n) is 5.14. The third kappa shape index (κ3) is 5.18. The summed E-state index contributed by atoms with van der Waals surface area (Å²) >= 11 is 0. The number of pyridine rings is 1. The van der Waals surface area contributed by atoms with Gasteiger partial charge in [-0.15, -0.1) is 0 Å². The normalized spacial score (nSPS) is 15.3. The summed E-state index contributed by atoms with van der Waals surface area (Å²) in [6.45, 7) is 9.37. The van der Waals surface area contributed by atoms with E-state index in [9.17, 15) is 14.4 Å². The topological polar surface area (TPSA) is 83.9 Å². The van der Waals surface area contributed by atoms with Gasteiger partial charge in [0, 0.05) is 57.8 Å². The highest BCUT2D eigenvalue weighted by Gasteiger charge is 2.25. The van der Waals surface area contributed by atoms with E-state index in [1.54, 1.807) is 11.9 Å². The number of nitrogens with one attached hydrogen (secondary N) is 1. The van der Waals surface area contributed by atoms with Crippen LogP contribution in [0.5, 0.6) is 0 Å². The Balaban J connectivity index is 1.52. The monoisotopic (exact) mass is 414 g/mol. The summed E-state index contributed by atoms with van der Waals surface area (Å²) < 4.78 is 6.95. The van der Waals surface area contributed by atoms with Gasteiger partial charge in [-0.05, 0) is 26.8 Å². The molecule has 1 aromatic heterocycles.